The van der Waals surface area contributed by atoms with Crippen LogP contribution in [0.15, 0.2) is 0 Å². The smallest absolute Gasteiger partial charge is 0.227 e. The quantitative estimate of drug-likeness (QED) is 0.374. The van der Waals surface area contributed by atoms with Crippen molar-refractivity contribution < 1.29 is 13.9 Å². The minimum atomic E-state index is -0.832. The minimum absolute atomic E-state index is 0.0279. The fourth-order valence-corrected chi connectivity index (χ4v) is 2.00. The molecule has 19 heavy (non-hydrogen) atoms. The van der Waals surface area contributed by atoms with Crippen LogP contribution in [0.25, 0.3) is 10.9 Å². The van der Waals surface area contributed by atoms with Gasteiger partial charge in [0.15, 0.2) is 11.0 Å². The van der Waals surface area contributed by atoms with Gasteiger partial charge < -0.3 is 9.47 Å². The van der Waals surface area contributed by atoms with Gasteiger partial charge in [-0.3, -0.25) is 0 Å². The first-order valence-electron chi connectivity index (χ1n) is 5.04. The number of nitrogens with zero attached hydrogens (tertiary/aromatic N) is 3. The molecule has 2 aromatic heterocycles. The lowest BCUT2D eigenvalue weighted by Crippen LogP contribution is -2.07. The Balaban J connectivity index is 2.60. The number of pyridine rings is 1. The molecule has 102 valence electrons. The van der Waals surface area contributed by atoms with E-state index in [1.54, 1.807) is 0 Å². The predicted octanol–water partition coefficient (Wildman–Crippen LogP) is 3.15. The Hall–Kier alpha value is -0.950. The van der Waals surface area contributed by atoms with Gasteiger partial charge in [0, 0.05) is 7.11 Å². The van der Waals surface area contributed by atoms with E-state index in [-0.39, 0.29) is 39.0 Å². The molecule has 0 amide bonds. The molecule has 0 aliphatic carbocycles. The third kappa shape index (κ3) is 2.97. The highest BCUT2D eigenvalue weighted by atomic mass is 35.5. The molecule has 0 unspecified atom stereocenters. The Bertz CT molecular complexity index is 627. The van der Waals surface area contributed by atoms with Crippen molar-refractivity contribution in [1.82, 2.24) is 15.0 Å². The zero-order valence-electron chi connectivity index (χ0n) is 9.58. The van der Waals surface area contributed by atoms with Gasteiger partial charge in [0.1, 0.15) is 22.7 Å². The molecule has 0 radical (unpaired) electrons. The Kier molecular flexibility index (Phi) is 4.57. The summed E-state index contributed by atoms with van der Waals surface area (Å²) in [6.45, 7) is 0.518. The van der Waals surface area contributed by atoms with E-state index >= 15 is 0 Å². The molecule has 0 saturated carbocycles. The number of halogens is 4. The molecule has 2 heterocycles. The maximum absolute atomic E-state index is 13.8. The largest absolute Gasteiger partial charge is 0.475 e. The van der Waals surface area contributed by atoms with Gasteiger partial charge in [-0.1, -0.05) is 23.2 Å². The maximum Gasteiger partial charge on any atom is 0.227 e. The minimum Gasteiger partial charge on any atom is -0.475 e. The van der Waals surface area contributed by atoms with Crippen molar-refractivity contribution in [1.29, 1.82) is 0 Å². The first kappa shape index (κ1) is 14.5. The van der Waals surface area contributed by atoms with E-state index in [1.165, 1.54) is 7.11 Å². The molecule has 0 saturated heterocycles. The molecule has 2 aromatic rings. The first-order chi connectivity index (χ1) is 9.04. The van der Waals surface area contributed by atoms with Crippen molar-refractivity contribution >= 4 is 45.7 Å². The van der Waals surface area contributed by atoms with Crippen molar-refractivity contribution in [2.45, 2.75) is 0 Å². The molecule has 0 aromatic carbocycles. The van der Waals surface area contributed by atoms with Crippen LogP contribution in [0.5, 0.6) is 5.88 Å². The average Bonchev–Trinajstić information content (AvgIpc) is 2.35. The SMILES string of the molecule is COCCOc1nc(Cl)c(F)c2nc(Cl)nc(Cl)c12. The van der Waals surface area contributed by atoms with Gasteiger partial charge >= 0.3 is 0 Å². The van der Waals surface area contributed by atoms with Gasteiger partial charge in [-0.25, -0.2) is 14.4 Å². The summed E-state index contributed by atoms with van der Waals surface area (Å²) in [4.78, 5) is 11.2. The molecule has 0 bridgehead atoms. The van der Waals surface area contributed by atoms with Crippen LogP contribution in [0.2, 0.25) is 15.6 Å². The number of methoxy groups -OCH3 is 1. The van der Waals surface area contributed by atoms with Crippen LogP contribution < -0.4 is 4.74 Å². The summed E-state index contributed by atoms with van der Waals surface area (Å²) < 4.78 is 24.0. The predicted molar refractivity (Wildman–Crippen MR) is 69.7 cm³/mol. The highest BCUT2D eigenvalue weighted by molar-refractivity contribution is 6.36. The highest BCUT2D eigenvalue weighted by Crippen LogP contribution is 2.33. The van der Waals surface area contributed by atoms with Crippen molar-refractivity contribution in [3.05, 3.63) is 21.4 Å². The van der Waals surface area contributed by atoms with E-state index < -0.39 is 5.82 Å². The van der Waals surface area contributed by atoms with Gasteiger partial charge in [0.2, 0.25) is 11.2 Å². The number of rotatable bonds is 4. The standard InChI is InChI=1S/C10H7Cl3FN3O2/c1-18-2-3-19-9-4-6(5(14)8(12)16-9)15-10(13)17-7(4)11/h2-3H2,1H3. The number of hydrogen-bond acceptors (Lipinski definition) is 5. The second kappa shape index (κ2) is 6.00. The maximum atomic E-state index is 13.8. The van der Waals surface area contributed by atoms with Crippen LogP contribution in [-0.2, 0) is 4.74 Å². The molecule has 0 aliphatic heterocycles. The number of hydrogen-bond donors (Lipinski definition) is 0. The van der Waals surface area contributed by atoms with Gasteiger partial charge in [-0.15, -0.1) is 0 Å². The Labute approximate surface area is 122 Å². The van der Waals surface area contributed by atoms with Crippen LogP contribution in [0.4, 0.5) is 4.39 Å². The van der Waals surface area contributed by atoms with Gasteiger partial charge in [-0.2, -0.15) is 4.98 Å². The molecule has 0 aliphatic rings. The number of ether oxygens (including phenoxy) is 2. The monoisotopic (exact) mass is 325 g/mol. The molecule has 2 rings (SSSR count). The zero-order valence-corrected chi connectivity index (χ0v) is 11.9. The molecule has 0 fully saturated rings. The lowest BCUT2D eigenvalue weighted by molar-refractivity contribution is 0.144. The zero-order chi connectivity index (χ0) is 14.0. The molecule has 5 nitrogen and oxygen atoms in total. The van der Waals surface area contributed by atoms with E-state index in [4.69, 9.17) is 44.3 Å². The normalized spacial score (nSPS) is 11.0. The van der Waals surface area contributed by atoms with Gasteiger partial charge in [0.05, 0.1) is 6.61 Å². The summed E-state index contributed by atoms with van der Waals surface area (Å²) in [5.41, 5.74) is -0.141. The van der Waals surface area contributed by atoms with Crippen molar-refractivity contribution in [2.75, 3.05) is 20.3 Å². The molecule has 0 spiro atoms. The molecule has 9 heteroatoms. The molecular weight excluding hydrogens is 319 g/mol. The molecule has 0 N–H and O–H groups in total. The summed E-state index contributed by atoms with van der Waals surface area (Å²) in [6, 6.07) is 0. The van der Waals surface area contributed by atoms with E-state index in [9.17, 15) is 4.39 Å². The van der Waals surface area contributed by atoms with Crippen LogP contribution in [0.1, 0.15) is 0 Å². The van der Waals surface area contributed by atoms with Crippen LogP contribution in [0, 0.1) is 5.82 Å². The van der Waals surface area contributed by atoms with Crippen LogP contribution in [0.3, 0.4) is 0 Å². The molecular formula is C10H7Cl3FN3O2. The highest BCUT2D eigenvalue weighted by Gasteiger charge is 2.19. The van der Waals surface area contributed by atoms with Crippen molar-refractivity contribution in [2.24, 2.45) is 0 Å². The van der Waals surface area contributed by atoms with Gasteiger partial charge in [-0.05, 0) is 11.6 Å². The Morgan fingerprint density at radius 1 is 1.05 bits per heavy atom. The summed E-state index contributed by atoms with van der Waals surface area (Å²) >= 11 is 17.2. The van der Waals surface area contributed by atoms with E-state index in [0.717, 1.165) is 0 Å². The lowest BCUT2D eigenvalue weighted by atomic mass is 10.3. The summed E-state index contributed by atoms with van der Waals surface area (Å²) in [5, 5.41) is -0.526. The summed E-state index contributed by atoms with van der Waals surface area (Å²) in [6.07, 6.45) is 0. The van der Waals surface area contributed by atoms with E-state index in [1.807, 2.05) is 0 Å². The second-order valence-corrected chi connectivity index (χ2v) is 4.42. The fraction of sp³-hybridized carbons (Fsp3) is 0.300. The van der Waals surface area contributed by atoms with Crippen LogP contribution in [-0.4, -0.2) is 35.3 Å². The molecule has 0 atom stereocenters. The lowest BCUT2D eigenvalue weighted by Gasteiger charge is -2.10. The Morgan fingerprint density at radius 2 is 1.79 bits per heavy atom. The number of fused-ring (bicyclic) bond motifs is 1. The fourth-order valence-electron chi connectivity index (χ4n) is 1.37. The topological polar surface area (TPSA) is 57.1 Å². The summed E-state index contributed by atoms with van der Waals surface area (Å²) in [7, 11) is 1.52. The Morgan fingerprint density at radius 3 is 2.47 bits per heavy atom. The van der Waals surface area contributed by atoms with E-state index in [2.05, 4.69) is 15.0 Å². The third-order valence-electron chi connectivity index (χ3n) is 2.17. The van der Waals surface area contributed by atoms with Crippen LogP contribution >= 0.6 is 34.8 Å². The van der Waals surface area contributed by atoms with E-state index in [0.29, 0.717) is 6.61 Å². The van der Waals surface area contributed by atoms with Crippen molar-refractivity contribution in [3.8, 4) is 5.88 Å². The van der Waals surface area contributed by atoms with Crippen molar-refractivity contribution in [3.63, 3.8) is 0 Å². The van der Waals surface area contributed by atoms with Gasteiger partial charge in [0.25, 0.3) is 0 Å². The third-order valence-corrected chi connectivity index (χ3v) is 2.86. The first-order valence-corrected chi connectivity index (χ1v) is 6.17. The second-order valence-electron chi connectivity index (χ2n) is 3.37. The summed E-state index contributed by atoms with van der Waals surface area (Å²) in [5.74, 6) is -0.804. The number of aromatic nitrogens is 3. The average molecular weight is 327 g/mol.